The molecule has 2 rings (SSSR count). The first-order valence-corrected chi connectivity index (χ1v) is 9.91. The van der Waals surface area contributed by atoms with E-state index in [1.54, 1.807) is 26.2 Å². The summed E-state index contributed by atoms with van der Waals surface area (Å²) in [5, 5.41) is 8.04. The maximum Gasteiger partial charge on any atom is 0.263 e. The standard InChI is InChI=1S/C14H17N3O3S3/c1-5-8-21-14-16-15-13(22-14)17-23(18,19)12-7-6-11(20-4)9(2)10(12)3/h5-7H,1,8H2,2-4H3,(H,15,17). The Balaban J connectivity index is 2.27. The van der Waals surface area contributed by atoms with Gasteiger partial charge in [0.05, 0.1) is 12.0 Å². The van der Waals surface area contributed by atoms with Crippen molar-refractivity contribution < 1.29 is 13.2 Å². The maximum atomic E-state index is 12.6. The minimum absolute atomic E-state index is 0.200. The van der Waals surface area contributed by atoms with Crippen LogP contribution in [0, 0.1) is 13.8 Å². The van der Waals surface area contributed by atoms with E-state index in [4.69, 9.17) is 4.74 Å². The second-order valence-electron chi connectivity index (χ2n) is 4.59. The highest BCUT2D eigenvalue weighted by molar-refractivity contribution is 8.01. The molecule has 0 aliphatic heterocycles. The van der Waals surface area contributed by atoms with Gasteiger partial charge in [0.15, 0.2) is 4.34 Å². The minimum atomic E-state index is -3.73. The van der Waals surface area contributed by atoms with Gasteiger partial charge in [0.1, 0.15) is 5.75 Å². The van der Waals surface area contributed by atoms with Crippen LogP contribution in [0.3, 0.4) is 0 Å². The molecule has 0 saturated heterocycles. The van der Waals surface area contributed by atoms with Crippen LogP contribution < -0.4 is 9.46 Å². The van der Waals surface area contributed by atoms with Crippen molar-refractivity contribution in [1.82, 2.24) is 10.2 Å². The zero-order valence-electron chi connectivity index (χ0n) is 13.0. The summed E-state index contributed by atoms with van der Waals surface area (Å²) in [6.07, 6.45) is 1.75. The molecule has 0 fully saturated rings. The SMILES string of the molecule is C=CCSc1nnc(NS(=O)(=O)c2ccc(OC)c(C)c2C)s1. The molecule has 0 bridgehead atoms. The molecule has 1 aromatic carbocycles. The van der Waals surface area contributed by atoms with Gasteiger partial charge in [-0.05, 0) is 37.1 Å². The molecule has 0 atom stereocenters. The van der Waals surface area contributed by atoms with Gasteiger partial charge < -0.3 is 4.74 Å². The quantitative estimate of drug-likeness (QED) is 0.594. The highest BCUT2D eigenvalue weighted by atomic mass is 32.2. The summed E-state index contributed by atoms with van der Waals surface area (Å²) in [6.45, 7) is 7.20. The molecular formula is C14H17N3O3S3. The van der Waals surface area contributed by atoms with Crippen molar-refractivity contribution in [3.8, 4) is 5.75 Å². The van der Waals surface area contributed by atoms with Crippen molar-refractivity contribution in [3.05, 3.63) is 35.9 Å². The lowest BCUT2D eigenvalue weighted by molar-refractivity contribution is 0.411. The van der Waals surface area contributed by atoms with Crippen LogP contribution in [0.25, 0.3) is 0 Å². The third-order valence-electron chi connectivity index (χ3n) is 3.15. The second kappa shape index (κ2) is 7.33. The van der Waals surface area contributed by atoms with E-state index in [1.807, 2.05) is 6.92 Å². The first kappa shape index (κ1) is 17.8. The predicted octanol–water partition coefficient (Wildman–Crippen LogP) is 3.24. The topological polar surface area (TPSA) is 81.2 Å². The van der Waals surface area contributed by atoms with Gasteiger partial charge in [-0.15, -0.1) is 16.8 Å². The van der Waals surface area contributed by atoms with Crippen LogP contribution >= 0.6 is 23.1 Å². The van der Waals surface area contributed by atoms with Crippen molar-refractivity contribution in [2.24, 2.45) is 0 Å². The van der Waals surface area contributed by atoms with Gasteiger partial charge in [0.25, 0.3) is 10.0 Å². The molecule has 0 aliphatic rings. The molecule has 124 valence electrons. The molecule has 0 amide bonds. The molecule has 1 aromatic heterocycles. The number of hydrogen-bond acceptors (Lipinski definition) is 7. The Morgan fingerprint density at radius 3 is 2.74 bits per heavy atom. The Hall–Kier alpha value is -1.58. The molecule has 1 N–H and O–H groups in total. The number of thioether (sulfide) groups is 1. The largest absolute Gasteiger partial charge is 0.496 e. The van der Waals surface area contributed by atoms with Crippen LogP contribution in [0.4, 0.5) is 5.13 Å². The highest BCUT2D eigenvalue weighted by Gasteiger charge is 2.21. The minimum Gasteiger partial charge on any atom is -0.496 e. The molecule has 6 nitrogen and oxygen atoms in total. The lowest BCUT2D eigenvalue weighted by Crippen LogP contribution is -2.14. The third kappa shape index (κ3) is 4.04. The fourth-order valence-electron chi connectivity index (χ4n) is 1.89. The van der Waals surface area contributed by atoms with Gasteiger partial charge >= 0.3 is 0 Å². The van der Waals surface area contributed by atoms with E-state index >= 15 is 0 Å². The van der Waals surface area contributed by atoms with Crippen LogP contribution in [-0.4, -0.2) is 31.5 Å². The van der Waals surface area contributed by atoms with Gasteiger partial charge in [0.2, 0.25) is 5.13 Å². The lowest BCUT2D eigenvalue weighted by Gasteiger charge is -2.13. The van der Waals surface area contributed by atoms with E-state index in [-0.39, 0.29) is 10.0 Å². The van der Waals surface area contributed by atoms with Crippen LogP contribution in [-0.2, 0) is 10.0 Å². The third-order valence-corrected chi connectivity index (χ3v) is 6.73. The van der Waals surface area contributed by atoms with E-state index in [1.165, 1.54) is 29.2 Å². The van der Waals surface area contributed by atoms with Crippen molar-refractivity contribution in [1.29, 1.82) is 0 Å². The Morgan fingerprint density at radius 2 is 2.09 bits per heavy atom. The van der Waals surface area contributed by atoms with Crippen molar-refractivity contribution in [2.75, 3.05) is 17.6 Å². The van der Waals surface area contributed by atoms with Crippen molar-refractivity contribution in [2.45, 2.75) is 23.1 Å². The molecule has 0 spiro atoms. The molecular weight excluding hydrogens is 354 g/mol. The second-order valence-corrected chi connectivity index (χ2v) is 8.49. The Bertz CT molecular complexity index is 816. The fourth-order valence-corrected chi connectivity index (χ4v) is 4.94. The lowest BCUT2D eigenvalue weighted by atomic mass is 10.1. The summed E-state index contributed by atoms with van der Waals surface area (Å²) < 4.78 is 33.5. The Morgan fingerprint density at radius 1 is 1.35 bits per heavy atom. The summed E-state index contributed by atoms with van der Waals surface area (Å²) in [5.74, 6) is 1.35. The summed E-state index contributed by atoms with van der Waals surface area (Å²) in [6, 6.07) is 3.17. The molecule has 9 heteroatoms. The van der Waals surface area contributed by atoms with Crippen molar-refractivity contribution >= 4 is 38.3 Å². The number of anilines is 1. The Labute approximate surface area is 144 Å². The number of nitrogens with one attached hydrogen (secondary N) is 1. The van der Waals surface area contributed by atoms with Crippen LogP contribution in [0.2, 0.25) is 0 Å². The normalized spacial score (nSPS) is 11.3. The number of sulfonamides is 1. The number of benzene rings is 1. The van der Waals surface area contributed by atoms with Crippen LogP contribution in [0.5, 0.6) is 5.75 Å². The summed E-state index contributed by atoms with van der Waals surface area (Å²) >= 11 is 2.64. The number of hydrogen-bond donors (Lipinski definition) is 1. The average molecular weight is 372 g/mol. The number of nitrogens with zero attached hydrogens (tertiary/aromatic N) is 2. The van der Waals surface area contributed by atoms with E-state index in [2.05, 4.69) is 21.5 Å². The number of aromatic nitrogens is 2. The predicted molar refractivity (Wildman–Crippen MR) is 94.1 cm³/mol. The molecule has 2 aromatic rings. The van der Waals surface area contributed by atoms with E-state index in [0.717, 1.165) is 5.56 Å². The Kier molecular flexibility index (Phi) is 5.66. The number of rotatable bonds is 7. The smallest absolute Gasteiger partial charge is 0.263 e. The van der Waals surface area contributed by atoms with Gasteiger partial charge in [-0.3, -0.25) is 4.72 Å². The van der Waals surface area contributed by atoms with E-state index in [0.29, 0.717) is 21.4 Å². The highest BCUT2D eigenvalue weighted by Crippen LogP contribution is 2.30. The van der Waals surface area contributed by atoms with Crippen LogP contribution in [0.1, 0.15) is 11.1 Å². The van der Waals surface area contributed by atoms with Gasteiger partial charge in [0, 0.05) is 5.75 Å². The summed E-state index contributed by atoms with van der Waals surface area (Å²) in [7, 11) is -2.17. The monoisotopic (exact) mass is 371 g/mol. The first-order valence-electron chi connectivity index (χ1n) is 6.63. The fraction of sp³-hybridized carbons (Fsp3) is 0.286. The zero-order chi connectivity index (χ0) is 17.0. The maximum absolute atomic E-state index is 12.6. The molecule has 0 radical (unpaired) electrons. The molecule has 1 heterocycles. The van der Waals surface area contributed by atoms with Gasteiger partial charge in [-0.2, -0.15) is 0 Å². The molecule has 0 aliphatic carbocycles. The molecule has 0 saturated carbocycles. The number of methoxy groups -OCH3 is 1. The average Bonchev–Trinajstić information content (AvgIpc) is 2.94. The molecule has 23 heavy (non-hydrogen) atoms. The summed E-state index contributed by atoms with van der Waals surface area (Å²) in [4.78, 5) is 0.200. The van der Waals surface area contributed by atoms with Crippen LogP contribution in [0.15, 0.2) is 34.0 Å². The zero-order valence-corrected chi connectivity index (χ0v) is 15.4. The van der Waals surface area contributed by atoms with Gasteiger partial charge in [-0.1, -0.05) is 29.2 Å². The van der Waals surface area contributed by atoms with E-state index < -0.39 is 10.0 Å². The summed E-state index contributed by atoms with van der Waals surface area (Å²) in [5.41, 5.74) is 1.43. The molecule has 0 unspecified atom stereocenters. The van der Waals surface area contributed by atoms with Gasteiger partial charge in [-0.25, -0.2) is 8.42 Å². The first-order chi connectivity index (χ1) is 10.9. The van der Waals surface area contributed by atoms with E-state index in [9.17, 15) is 8.42 Å². The number of ether oxygens (including phenoxy) is 1. The van der Waals surface area contributed by atoms with Crippen molar-refractivity contribution in [3.63, 3.8) is 0 Å².